The summed E-state index contributed by atoms with van der Waals surface area (Å²) in [7, 11) is 0. The van der Waals surface area contributed by atoms with E-state index in [0.717, 1.165) is 26.3 Å². The fraction of sp³-hybridized carbons (Fsp3) is 0.600. The van der Waals surface area contributed by atoms with Crippen LogP contribution in [0.1, 0.15) is 11.6 Å². The SMILES string of the molecule is NC[C@H](c1ccsc1)N1CCOCC1. The van der Waals surface area contributed by atoms with E-state index in [0.29, 0.717) is 12.6 Å². The number of rotatable bonds is 3. The topological polar surface area (TPSA) is 38.5 Å². The van der Waals surface area contributed by atoms with Crippen LogP contribution in [-0.4, -0.2) is 37.7 Å². The van der Waals surface area contributed by atoms with Crippen molar-refractivity contribution in [1.29, 1.82) is 0 Å². The molecule has 78 valence electrons. The van der Waals surface area contributed by atoms with Crippen LogP contribution in [0.3, 0.4) is 0 Å². The average Bonchev–Trinajstić information content (AvgIpc) is 2.74. The highest BCUT2D eigenvalue weighted by atomic mass is 32.1. The van der Waals surface area contributed by atoms with Crippen LogP contribution >= 0.6 is 11.3 Å². The number of nitrogens with two attached hydrogens (primary N) is 1. The van der Waals surface area contributed by atoms with Gasteiger partial charge in [0.15, 0.2) is 0 Å². The molecule has 2 rings (SSSR count). The Bertz CT molecular complexity index is 257. The van der Waals surface area contributed by atoms with E-state index < -0.39 is 0 Å². The molecular weight excluding hydrogens is 196 g/mol. The third-order valence-corrected chi connectivity index (χ3v) is 3.34. The molecule has 0 spiro atoms. The van der Waals surface area contributed by atoms with Gasteiger partial charge in [-0.05, 0) is 22.4 Å². The molecule has 0 saturated carbocycles. The zero-order valence-electron chi connectivity index (χ0n) is 8.19. The van der Waals surface area contributed by atoms with Gasteiger partial charge in [0.2, 0.25) is 0 Å². The largest absolute Gasteiger partial charge is 0.379 e. The minimum absolute atomic E-state index is 0.380. The molecule has 0 bridgehead atoms. The molecule has 1 atom stereocenters. The van der Waals surface area contributed by atoms with Gasteiger partial charge in [0.05, 0.1) is 13.2 Å². The second kappa shape index (κ2) is 4.89. The van der Waals surface area contributed by atoms with E-state index in [1.807, 2.05) is 0 Å². The summed E-state index contributed by atoms with van der Waals surface area (Å²) in [4.78, 5) is 2.41. The van der Waals surface area contributed by atoms with Crippen LogP contribution in [-0.2, 0) is 4.74 Å². The van der Waals surface area contributed by atoms with Crippen molar-refractivity contribution in [2.75, 3.05) is 32.8 Å². The van der Waals surface area contributed by atoms with Crippen molar-refractivity contribution in [3.05, 3.63) is 22.4 Å². The van der Waals surface area contributed by atoms with Gasteiger partial charge in [-0.3, -0.25) is 4.90 Å². The summed E-state index contributed by atoms with van der Waals surface area (Å²) in [5.74, 6) is 0. The smallest absolute Gasteiger partial charge is 0.0594 e. The predicted molar refractivity (Wildman–Crippen MR) is 58.5 cm³/mol. The monoisotopic (exact) mass is 212 g/mol. The van der Waals surface area contributed by atoms with Gasteiger partial charge in [-0.1, -0.05) is 0 Å². The lowest BCUT2D eigenvalue weighted by atomic mass is 10.1. The van der Waals surface area contributed by atoms with Crippen LogP contribution in [0.2, 0.25) is 0 Å². The molecular formula is C10H16N2OS. The lowest BCUT2D eigenvalue weighted by Crippen LogP contribution is -2.41. The Kier molecular flexibility index (Phi) is 3.53. The summed E-state index contributed by atoms with van der Waals surface area (Å²) in [6, 6.07) is 2.54. The van der Waals surface area contributed by atoms with Gasteiger partial charge < -0.3 is 10.5 Å². The zero-order chi connectivity index (χ0) is 9.80. The molecule has 0 aliphatic carbocycles. The van der Waals surface area contributed by atoms with E-state index >= 15 is 0 Å². The van der Waals surface area contributed by atoms with Crippen molar-refractivity contribution in [3.8, 4) is 0 Å². The minimum atomic E-state index is 0.380. The Morgan fingerprint density at radius 2 is 2.29 bits per heavy atom. The van der Waals surface area contributed by atoms with Gasteiger partial charge in [-0.25, -0.2) is 0 Å². The molecule has 0 aromatic carbocycles. The summed E-state index contributed by atoms with van der Waals surface area (Å²) in [5.41, 5.74) is 7.16. The van der Waals surface area contributed by atoms with Crippen LogP contribution in [0, 0.1) is 0 Å². The lowest BCUT2D eigenvalue weighted by Gasteiger charge is -2.33. The van der Waals surface area contributed by atoms with Crippen molar-refractivity contribution in [1.82, 2.24) is 4.90 Å². The maximum atomic E-state index is 5.82. The van der Waals surface area contributed by atoms with E-state index in [4.69, 9.17) is 10.5 Å². The first-order valence-corrected chi connectivity index (χ1v) is 5.90. The van der Waals surface area contributed by atoms with Gasteiger partial charge in [-0.15, -0.1) is 0 Å². The van der Waals surface area contributed by atoms with E-state index in [1.165, 1.54) is 5.56 Å². The Hall–Kier alpha value is -0.420. The van der Waals surface area contributed by atoms with E-state index in [9.17, 15) is 0 Å². The molecule has 0 amide bonds. The molecule has 3 nitrogen and oxygen atoms in total. The molecule has 1 aliphatic rings. The summed E-state index contributed by atoms with van der Waals surface area (Å²) in [6.45, 7) is 4.35. The van der Waals surface area contributed by atoms with Crippen LogP contribution in [0.4, 0.5) is 0 Å². The number of nitrogens with zero attached hydrogens (tertiary/aromatic N) is 1. The number of hydrogen-bond donors (Lipinski definition) is 1. The number of hydrogen-bond acceptors (Lipinski definition) is 4. The molecule has 1 fully saturated rings. The molecule has 1 saturated heterocycles. The molecule has 1 aliphatic heterocycles. The molecule has 1 aromatic heterocycles. The predicted octanol–water partition coefficient (Wildman–Crippen LogP) is 1.08. The van der Waals surface area contributed by atoms with Gasteiger partial charge in [-0.2, -0.15) is 11.3 Å². The first-order chi connectivity index (χ1) is 6.92. The van der Waals surface area contributed by atoms with Crippen LogP contribution in [0.15, 0.2) is 16.8 Å². The van der Waals surface area contributed by atoms with Crippen molar-refractivity contribution in [2.24, 2.45) is 5.73 Å². The number of morpholine rings is 1. The molecule has 14 heavy (non-hydrogen) atoms. The third-order valence-electron chi connectivity index (χ3n) is 2.64. The number of ether oxygens (including phenoxy) is 1. The first-order valence-electron chi connectivity index (χ1n) is 4.96. The summed E-state index contributed by atoms with van der Waals surface area (Å²) >= 11 is 1.73. The fourth-order valence-electron chi connectivity index (χ4n) is 1.85. The van der Waals surface area contributed by atoms with Gasteiger partial charge in [0, 0.05) is 25.7 Å². The quantitative estimate of drug-likeness (QED) is 0.815. The first kappa shape index (κ1) is 10.1. The van der Waals surface area contributed by atoms with Gasteiger partial charge in [0.25, 0.3) is 0 Å². The molecule has 2 heterocycles. The molecule has 1 aromatic rings. The highest BCUT2D eigenvalue weighted by molar-refractivity contribution is 7.07. The van der Waals surface area contributed by atoms with Crippen LogP contribution < -0.4 is 5.73 Å². The maximum absolute atomic E-state index is 5.82. The molecule has 0 radical (unpaired) electrons. The second-order valence-electron chi connectivity index (χ2n) is 3.46. The van der Waals surface area contributed by atoms with E-state index in [-0.39, 0.29) is 0 Å². The standard InChI is InChI=1S/C10H16N2OS/c11-7-10(9-1-6-14-8-9)12-2-4-13-5-3-12/h1,6,8,10H,2-5,7,11H2/t10-/m1/s1. The lowest BCUT2D eigenvalue weighted by molar-refractivity contribution is 0.0180. The fourth-order valence-corrected chi connectivity index (χ4v) is 2.56. The Balaban J connectivity index is 2.04. The summed E-state index contributed by atoms with van der Waals surface area (Å²) in [5, 5.41) is 4.30. The average molecular weight is 212 g/mol. The van der Waals surface area contributed by atoms with Gasteiger partial charge in [0.1, 0.15) is 0 Å². The highest BCUT2D eigenvalue weighted by Crippen LogP contribution is 2.22. The maximum Gasteiger partial charge on any atom is 0.0594 e. The molecule has 2 N–H and O–H groups in total. The Morgan fingerprint density at radius 3 is 2.86 bits per heavy atom. The van der Waals surface area contributed by atoms with Crippen LogP contribution in [0.25, 0.3) is 0 Å². The van der Waals surface area contributed by atoms with Crippen LogP contribution in [0.5, 0.6) is 0 Å². The zero-order valence-corrected chi connectivity index (χ0v) is 9.00. The summed E-state index contributed by atoms with van der Waals surface area (Å²) < 4.78 is 5.33. The number of thiophene rings is 1. The van der Waals surface area contributed by atoms with E-state index in [2.05, 4.69) is 21.7 Å². The Labute approximate surface area is 88.5 Å². The van der Waals surface area contributed by atoms with Crippen molar-refractivity contribution in [2.45, 2.75) is 6.04 Å². The normalized spacial score (nSPS) is 20.9. The van der Waals surface area contributed by atoms with E-state index in [1.54, 1.807) is 11.3 Å². The highest BCUT2D eigenvalue weighted by Gasteiger charge is 2.21. The second-order valence-corrected chi connectivity index (χ2v) is 4.24. The summed E-state index contributed by atoms with van der Waals surface area (Å²) in [6.07, 6.45) is 0. The molecule has 4 heteroatoms. The van der Waals surface area contributed by atoms with Crippen molar-refractivity contribution < 1.29 is 4.74 Å². The van der Waals surface area contributed by atoms with Gasteiger partial charge >= 0.3 is 0 Å². The third kappa shape index (κ3) is 2.15. The minimum Gasteiger partial charge on any atom is -0.379 e. The van der Waals surface area contributed by atoms with Crippen molar-refractivity contribution >= 4 is 11.3 Å². The Morgan fingerprint density at radius 1 is 1.50 bits per heavy atom. The van der Waals surface area contributed by atoms with Crippen molar-refractivity contribution in [3.63, 3.8) is 0 Å². The molecule has 0 unspecified atom stereocenters.